The molecule has 5 nitrogen and oxygen atoms in total. The fraction of sp³-hybridized carbons (Fsp3) is 0.500. The Labute approximate surface area is 125 Å². The van der Waals surface area contributed by atoms with Crippen molar-refractivity contribution in [2.24, 2.45) is 0 Å². The number of nitrogens with one attached hydrogen (secondary N) is 1. The second kappa shape index (κ2) is 7.78. The molecule has 114 valence electrons. The molecule has 1 heterocycles. The molecule has 5 heteroatoms. The summed E-state index contributed by atoms with van der Waals surface area (Å²) in [4.78, 5) is 25.5. The Kier molecular flexibility index (Phi) is 5.75. The Bertz CT molecular complexity index is 468. The number of quaternary nitrogens is 1. The molecule has 2 rings (SSSR count). The van der Waals surface area contributed by atoms with Crippen LogP contribution in [0.5, 0.6) is 0 Å². The number of carboxylic acid groups (broad SMARTS) is 1. The molecule has 1 N–H and O–H groups in total. The van der Waals surface area contributed by atoms with Gasteiger partial charge >= 0.3 is 0 Å². The molecule has 0 atom stereocenters. The van der Waals surface area contributed by atoms with E-state index in [-0.39, 0.29) is 18.7 Å². The van der Waals surface area contributed by atoms with E-state index in [0.717, 1.165) is 39.1 Å². The van der Waals surface area contributed by atoms with E-state index in [1.807, 2.05) is 6.07 Å². The number of hydrogen-bond acceptors (Lipinski definition) is 3. The highest BCUT2D eigenvalue weighted by Gasteiger charge is 2.22. The number of hydrogen-bond donors (Lipinski definition) is 1. The molecule has 0 spiro atoms. The SMILES string of the molecule is O=C([O-])CCC(=O)N1CC[NH+](CCc2ccccc2)CC1. The average molecular weight is 290 g/mol. The number of carbonyl (C=O) groups excluding carboxylic acids is 2. The summed E-state index contributed by atoms with van der Waals surface area (Å²) < 4.78 is 0. The molecule has 1 aliphatic rings. The highest BCUT2D eigenvalue weighted by molar-refractivity contribution is 5.80. The van der Waals surface area contributed by atoms with Crippen LogP contribution in [0.15, 0.2) is 30.3 Å². The van der Waals surface area contributed by atoms with Gasteiger partial charge in [-0.1, -0.05) is 30.3 Å². The minimum absolute atomic E-state index is 0.0572. The van der Waals surface area contributed by atoms with Gasteiger partial charge in [0.15, 0.2) is 0 Å². The van der Waals surface area contributed by atoms with E-state index in [1.54, 1.807) is 4.90 Å². The molecule has 0 aromatic heterocycles. The lowest BCUT2D eigenvalue weighted by atomic mass is 10.1. The monoisotopic (exact) mass is 290 g/mol. The first kappa shape index (κ1) is 15.5. The van der Waals surface area contributed by atoms with Crippen LogP contribution in [0.4, 0.5) is 0 Å². The molecule has 1 aliphatic heterocycles. The Balaban J connectivity index is 1.68. The summed E-state index contributed by atoms with van der Waals surface area (Å²) in [5, 5.41) is 10.4. The molecule has 0 bridgehead atoms. The maximum atomic E-state index is 11.8. The van der Waals surface area contributed by atoms with Crippen LogP contribution in [0.1, 0.15) is 18.4 Å². The van der Waals surface area contributed by atoms with Crippen LogP contribution in [-0.2, 0) is 16.0 Å². The summed E-state index contributed by atoms with van der Waals surface area (Å²) in [6.45, 7) is 4.38. The second-order valence-electron chi connectivity index (χ2n) is 5.49. The molecule has 21 heavy (non-hydrogen) atoms. The van der Waals surface area contributed by atoms with Gasteiger partial charge in [0.25, 0.3) is 0 Å². The smallest absolute Gasteiger partial charge is 0.223 e. The summed E-state index contributed by atoms with van der Waals surface area (Å²) in [6.07, 6.45) is 0.927. The minimum Gasteiger partial charge on any atom is -0.550 e. The van der Waals surface area contributed by atoms with Gasteiger partial charge in [0.2, 0.25) is 5.91 Å². The van der Waals surface area contributed by atoms with Crippen molar-refractivity contribution in [2.75, 3.05) is 32.7 Å². The number of piperazine rings is 1. The molecule has 0 saturated carbocycles. The van der Waals surface area contributed by atoms with Gasteiger partial charge in [-0.25, -0.2) is 0 Å². The van der Waals surface area contributed by atoms with Crippen molar-refractivity contribution in [3.05, 3.63) is 35.9 Å². The van der Waals surface area contributed by atoms with Crippen molar-refractivity contribution in [1.82, 2.24) is 4.90 Å². The Hall–Kier alpha value is -1.88. The van der Waals surface area contributed by atoms with E-state index in [9.17, 15) is 14.7 Å². The largest absolute Gasteiger partial charge is 0.550 e. The highest BCUT2D eigenvalue weighted by Crippen LogP contribution is 2.00. The first-order valence-corrected chi connectivity index (χ1v) is 7.50. The first-order chi connectivity index (χ1) is 10.1. The van der Waals surface area contributed by atoms with E-state index < -0.39 is 5.97 Å². The van der Waals surface area contributed by atoms with Gasteiger partial charge in [0.1, 0.15) is 0 Å². The van der Waals surface area contributed by atoms with Crippen molar-refractivity contribution >= 4 is 11.9 Å². The number of amides is 1. The minimum atomic E-state index is -1.16. The van der Waals surface area contributed by atoms with E-state index in [4.69, 9.17) is 0 Å². The van der Waals surface area contributed by atoms with E-state index in [2.05, 4.69) is 24.3 Å². The van der Waals surface area contributed by atoms with Crippen LogP contribution in [0.2, 0.25) is 0 Å². The average Bonchev–Trinajstić information content (AvgIpc) is 2.52. The number of benzene rings is 1. The van der Waals surface area contributed by atoms with Crippen LogP contribution in [-0.4, -0.2) is 49.5 Å². The third-order valence-electron chi connectivity index (χ3n) is 3.98. The predicted molar refractivity (Wildman–Crippen MR) is 76.5 cm³/mol. The third kappa shape index (κ3) is 5.19. The van der Waals surface area contributed by atoms with E-state index in [0.29, 0.717) is 0 Å². The number of carbonyl (C=O) groups is 2. The van der Waals surface area contributed by atoms with Crippen molar-refractivity contribution in [3.8, 4) is 0 Å². The van der Waals surface area contributed by atoms with Crippen molar-refractivity contribution < 1.29 is 19.6 Å². The highest BCUT2D eigenvalue weighted by atomic mass is 16.4. The van der Waals surface area contributed by atoms with Gasteiger partial charge < -0.3 is 19.7 Å². The number of aliphatic carboxylic acids is 1. The zero-order chi connectivity index (χ0) is 15.1. The Morgan fingerprint density at radius 2 is 1.76 bits per heavy atom. The molecule has 1 aromatic rings. The maximum Gasteiger partial charge on any atom is 0.223 e. The quantitative estimate of drug-likeness (QED) is 0.692. The lowest BCUT2D eigenvalue weighted by Gasteiger charge is -2.32. The third-order valence-corrected chi connectivity index (χ3v) is 3.98. The van der Waals surface area contributed by atoms with Gasteiger partial charge in [0, 0.05) is 18.8 Å². The summed E-state index contributed by atoms with van der Waals surface area (Å²) in [5.74, 6) is -1.23. The van der Waals surface area contributed by atoms with Crippen LogP contribution < -0.4 is 10.0 Å². The van der Waals surface area contributed by atoms with Gasteiger partial charge in [-0.2, -0.15) is 0 Å². The van der Waals surface area contributed by atoms with Crippen LogP contribution >= 0.6 is 0 Å². The second-order valence-corrected chi connectivity index (χ2v) is 5.49. The zero-order valence-electron chi connectivity index (χ0n) is 12.2. The zero-order valence-corrected chi connectivity index (χ0v) is 12.2. The predicted octanol–water partition coefficient (Wildman–Crippen LogP) is -1.51. The first-order valence-electron chi connectivity index (χ1n) is 7.50. The molecule has 0 unspecified atom stereocenters. The fourth-order valence-electron chi connectivity index (χ4n) is 2.66. The van der Waals surface area contributed by atoms with Gasteiger partial charge in [-0.3, -0.25) is 4.79 Å². The molecule has 0 radical (unpaired) electrons. The summed E-state index contributed by atoms with van der Waals surface area (Å²) in [6, 6.07) is 10.4. The lowest BCUT2D eigenvalue weighted by molar-refractivity contribution is -0.903. The molecule has 1 amide bonds. The standard InChI is InChI=1S/C16H22N2O3/c19-15(6-7-16(20)21)18-12-10-17(11-13-18)9-8-14-4-2-1-3-5-14/h1-5H,6-13H2,(H,20,21). The van der Waals surface area contributed by atoms with Crippen LogP contribution in [0.25, 0.3) is 0 Å². The normalized spacial score (nSPS) is 15.9. The number of nitrogens with zero attached hydrogens (tertiary/aromatic N) is 1. The summed E-state index contributed by atoms with van der Waals surface area (Å²) in [7, 11) is 0. The van der Waals surface area contributed by atoms with Crippen LogP contribution in [0.3, 0.4) is 0 Å². The fourth-order valence-corrected chi connectivity index (χ4v) is 2.66. The Morgan fingerprint density at radius 1 is 1.10 bits per heavy atom. The Morgan fingerprint density at radius 3 is 2.38 bits per heavy atom. The van der Waals surface area contributed by atoms with Crippen molar-refractivity contribution in [2.45, 2.75) is 19.3 Å². The van der Waals surface area contributed by atoms with Gasteiger partial charge in [-0.15, -0.1) is 0 Å². The van der Waals surface area contributed by atoms with Crippen molar-refractivity contribution in [3.63, 3.8) is 0 Å². The molecular weight excluding hydrogens is 268 g/mol. The molecule has 1 aromatic carbocycles. The number of carboxylic acids is 1. The molecule has 1 saturated heterocycles. The summed E-state index contributed by atoms with van der Waals surface area (Å²) >= 11 is 0. The van der Waals surface area contributed by atoms with E-state index >= 15 is 0 Å². The molecule has 1 fully saturated rings. The van der Waals surface area contributed by atoms with Gasteiger partial charge in [0.05, 0.1) is 32.7 Å². The summed E-state index contributed by atoms with van der Waals surface area (Å²) in [5.41, 5.74) is 1.34. The molecule has 0 aliphatic carbocycles. The van der Waals surface area contributed by atoms with Crippen molar-refractivity contribution in [1.29, 1.82) is 0 Å². The van der Waals surface area contributed by atoms with Gasteiger partial charge in [-0.05, 0) is 12.0 Å². The number of rotatable bonds is 6. The van der Waals surface area contributed by atoms with E-state index in [1.165, 1.54) is 10.5 Å². The maximum absolute atomic E-state index is 11.8. The lowest BCUT2D eigenvalue weighted by Crippen LogP contribution is -3.15. The topological polar surface area (TPSA) is 64.9 Å². The molecular formula is C16H22N2O3. The van der Waals surface area contributed by atoms with Crippen LogP contribution in [0, 0.1) is 0 Å².